The third-order valence-corrected chi connectivity index (χ3v) is 3.22. The van der Waals surface area contributed by atoms with Gasteiger partial charge in [-0.3, -0.25) is 0 Å². The van der Waals surface area contributed by atoms with Crippen molar-refractivity contribution in [1.29, 1.82) is 0 Å². The highest BCUT2D eigenvalue weighted by Gasteiger charge is 2.27. The van der Waals surface area contributed by atoms with Crippen LogP contribution in [0.25, 0.3) is 0 Å². The number of ether oxygens (including phenoxy) is 1. The summed E-state index contributed by atoms with van der Waals surface area (Å²) in [6.07, 6.45) is 0.0756. The predicted molar refractivity (Wildman–Crippen MR) is 70.4 cm³/mol. The van der Waals surface area contributed by atoms with Gasteiger partial charge in [0, 0.05) is 6.42 Å². The quantitative estimate of drug-likeness (QED) is 0.597. The second-order valence-electron chi connectivity index (χ2n) is 4.93. The molecule has 1 aromatic carbocycles. The minimum Gasteiger partial charge on any atom is -0.467 e. The molecule has 94 valence electrons. The van der Waals surface area contributed by atoms with E-state index in [0.717, 1.165) is 5.56 Å². The summed E-state index contributed by atoms with van der Waals surface area (Å²) < 4.78 is 10.6. The third kappa shape index (κ3) is 5.15. The predicted octanol–water partition coefficient (Wildman–Crippen LogP) is 2.62. The van der Waals surface area contributed by atoms with E-state index in [1.54, 1.807) is 0 Å². The van der Waals surface area contributed by atoms with E-state index in [4.69, 9.17) is 9.16 Å². The second kappa shape index (κ2) is 5.98. The Bertz CT molecular complexity index is 357. The van der Waals surface area contributed by atoms with Crippen molar-refractivity contribution in [1.82, 2.24) is 0 Å². The lowest BCUT2D eigenvalue weighted by Gasteiger charge is -2.24. The van der Waals surface area contributed by atoms with Gasteiger partial charge in [-0.15, -0.1) is 0 Å². The van der Waals surface area contributed by atoms with Crippen LogP contribution in [0, 0.1) is 0 Å². The Labute approximate surface area is 104 Å². The topological polar surface area (TPSA) is 35.5 Å². The lowest BCUT2D eigenvalue weighted by Crippen LogP contribution is -2.38. The van der Waals surface area contributed by atoms with Gasteiger partial charge in [0.25, 0.3) is 0 Å². The molecule has 0 aliphatic carbocycles. The SMILES string of the molecule is COC(=O)C(Cc1ccccc1)O[Si](C)(C)C. The van der Waals surface area contributed by atoms with Gasteiger partial charge in [0.05, 0.1) is 7.11 Å². The molecule has 0 radical (unpaired) electrons. The number of methoxy groups -OCH3 is 1. The number of carbonyl (C=O) groups excluding carboxylic acids is 1. The van der Waals surface area contributed by atoms with Gasteiger partial charge in [-0.2, -0.15) is 0 Å². The van der Waals surface area contributed by atoms with Crippen molar-refractivity contribution in [2.45, 2.75) is 32.2 Å². The maximum absolute atomic E-state index is 11.7. The molecule has 1 unspecified atom stereocenters. The normalized spacial score (nSPS) is 13.2. The highest BCUT2D eigenvalue weighted by Crippen LogP contribution is 2.13. The molecule has 0 bridgehead atoms. The van der Waals surface area contributed by atoms with Crippen LogP contribution in [0.2, 0.25) is 19.6 Å². The Morgan fingerprint density at radius 3 is 2.29 bits per heavy atom. The molecule has 1 rings (SSSR count). The van der Waals surface area contributed by atoms with Crippen molar-refractivity contribution < 1.29 is 14.0 Å². The first-order chi connectivity index (χ1) is 7.92. The highest BCUT2D eigenvalue weighted by molar-refractivity contribution is 6.69. The Morgan fingerprint density at radius 1 is 1.24 bits per heavy atom. The van der Waals surface area contributed by atoms with Crippen LogP contribution in [0.15, 0.2) is 30.3 Å². The molecular weight excluding hydrogens is 232 g/mol. The number of benzene rings is 1. The van der Waals surface area contributed by atoms with Crippen molar-refractivity contribution in [2.75, 3.05) is 7.11 Å². The molecule has 0 spiro atoms. The lowest BCUT2D eigenvalue weighted by molar-refractivity contribution is -0.149. The largest absolute Gasteiger partial charge is 0.467 e. The van der Waals surface area contributed by atoms with Gasteiger partial charge in [-0.05, 0) is 25.2 Å². The van der Waals surface area contributed by atoms with E-state index >= 15 is 0 Å². The zero-order valence-corrected chi connectivity index (χ0v) is 11.9. The smallest absolute Gasteiger partial charge is 0.334 e. The molecule has 1 atom stereocenters. The molecule has 0 N–H and O–H groups in total. The van der Waals surface area contributed by atoms with Gasteiger partial charge in [0.2, 0.25) is 0 Å². The Morgan fingerprint density at radius 2 is 1.82 bits per heavy atom. The number of esters is 1. The van der Waals surface area contributed by atoms with Crippen LogP contribution in [0.1, 0.15) is 5.56 Å². The van der Waals surface area contributed by atoms with Crippen LogP contribution < -0.4 is 0 Å². The first-order valence-electron chi connectivity index (χ1n) is 5.72. The van der Waals surface area contributed by atoms with Crippen molar-refractivity contribution in [2.24, 2.45) is 0 Å². The van der Waals surface area contributed by atoms with E-state index in [-0.39, 0.29) is 5.97 Å². The molecule has 0 fully saturated rings. The summed E-state index contributed by atoms with van der Waals surface area (Å²) >= 11 is 0. The second-order valence-corrected chi connectivity index (χ2v) is 9.39. The third-order valence-electron chi connectivity index (χ3n) is 2.22. The summed E-state index contributed by atoms with van der Waals surface area (Å²) in [4.78, 5) is 11.7. The summed E-state index contributed by atoms with van der Waals surface area (Å²) in [5.41, 5.74) is 1.08. The van der Waals surface area contributed by atoms with E-state index < -0.39 is 14.4 Å². The number of carbonyl (C=O) groups is 1. The molecule has 3 nitrogen and oxygen atoms in total. The average Bonchev–Trinajstić information content (AvgIpc) is 2.27. The maximum atomic E-state index is 11.7. The minimum atomic E-state index is -1.75. The van der Waals surface area contributed by atoms with Crippen LogP contribution in [0.3, 0.4) is 0 Å². The fourth-order valence-electron chi connectivity index (χ4n) is 1.56. The molecule has 0 aliphatic heterocycles. The molecule has 0 aromatic heterocycles. The van der Waals surface area contributed by atoms with E-state index in [1.807, 2.05) is 30.3 Å². The molecule has 17 heavy (non-hydrogen) atoms. The maximum Gasteiger partial charge on any atom is 0.334 e. The first-order valence-corrected chi connectivity index (χ1v) is 9.13. The molecule has 0 saturated heterocycles. The van der Waals surface area contributed by atoms with Gasteiger partial charge in [0.1, 0.15) is 6.10 Å². The molecule has 0 aliphatic rings. The van der Waals surface area contributed by atoms with Crippen LogP contribution >= 0.6 is 0 Å². The van der Waals surface area contributed by atoms with Gasteiger partial charge in [0.15, 0.2) is 8.32 Å². The molecule has 0 saturated carbocycles. The van der Waals surface area contributed by atoms with E-state index in [0.29, 0.717) is 6.42 Å². The molecule has 0 amide bonds. The average molecular weight is 252 g/mol. The summed E-state index contributed by atoms with van der Waals surface area (Å²) in [6, 6.07) is 9.85. The van der Waals surface area contributed by atoms with E-state index in [1.165, 1.54) is 7.11 Å². The van der Waals surface area contributed by atoms with E-state index in [9.17, 15) is 4.79 Å². The number of hydrogen-bond donors (Lipinski definition) is 0. The fraction of sp³-hybridized carbons (Fsp3) is 0.462. The summed E-state index contributed by atoms with van der Waals surface area (Å²) in [6.45, 7) is 6.19. The number of hydrogen-bond acceptors (Lipinski definition) is 3. The molecule has 4 heteroatoms. The zero-order valence-electron chi connectivity index (χ0n) is 10.9. The Hall–Kier alpha value is -1.13. The van der Waals surface area contributed by atoms with Gasteiger partial charge < -0.3 is 9.16 Å². The van der Waals surface area contributed by atoms with Crippen LogP contribution in [0.4, 0.5) is 0 Å². The highest BCUT2D eigenvalue weighted by atomic mass is 28.4. The zero-order chi connectivity index (χ0) is 12.9. The van der Waals surface area contributed by atoms with Crippen molar-refractivity contribution in [3.05, 3.63) is 35.9 Å². The molecule has 0 heterocycles. The summed E-state index contributed by atoms with van der Waals surface area (Å²) in [5, 5.41) is 0. The first kappa shape index (κ1) is 13.9. The van der Waals surface area contributed by atoms with Crippen LogP contribution in [0.5, 0.6) is 0 Å². The number of rotatable bonds is 5. The van der Waals surface area contributed by atoms with Crippen LogP contribution in [-0.2, 0) is 20.4 Å². The van der Waals surface area contributed by atoms with Gasteiger partial charge in [-0.1, -0.05) is 30.3 Å². The van der Waals surface area contributed by atoms with E-state index in [2.05, 4.69) is 19.6 Å². The Balaban J connectivity index is 2.74. The monoisotopic (exact) mass is 252 g/mol. The van der Waals surface area contributed by atoms with Crippen molar-refractivity contribution >= 4 is 14.3 Å². The van der Waals surface area contributed by atoms with Gasteiger partial charge in [-0.25, -0.2) is 4.79 Å². The Kier molecular flexibility index (Phi) is 4.90. The summed E-state index contributed by atoms with van der Waals surface area (Å²) in [7, 11) is -0.357. The summed E-state index contributed by atoms with van der Waals surface area (Å²) in [5.74, 6) is -0.295. The van der Waals surface area contributed by atoms with Crippen molar-refractivity contribution in [3.8, 4) is 0 Å². The minimum absolute atomic E-state index is 0.295. The standard InChI is InChI=1S/C13H20O3Si/c1-15-13(14)12(16-17(2,3)4)10-11-8-6-5-7-9-11/h5-9,12H,10H2,1-4H3. The van der Waals surface area contributed by atoms with Crippen LogP contribution in [-0.4, -0.2) is 27.5 Å². The molecular formula is C13H20O3Si. The molecule has 1 aromatic rings. The van der Waals surface area contributed by atoms with Gasteiger partial charge >= 0.3 is 5.97 Å². The lowest BCUT2D eigenvalue weighted by atomic mass is 10.1. The fourth-order valence-corrected chi connectivity index (χ4v) is 2.59. The van der Waals surface area contributed by atoms with Crippen molar-refractivity contribution in [3.63, 3.8) is 0 Å².